The molecule has 98 valence electrons. The van der Waals surface area contributed by atoms with Crippen molar-refractivity contribution in [2.24, 2.45) is 0 Å². The monoisotopic (exact) mass is 263 g/mol. The number of aryl methyl sites for hydroxylation is 1. The normalized spacial score (nSPS) is 10.2. The fourth-order valence-electron chi connectivity index (χ4n) is 1.66. The molecule has 0 aliphatic rings. The lowest BCUT2D eigenvalue weighted by Gasteiger charge is -2.03. The lowest BCUT2D eigenvalue weighted by Crippen LogP contribution is -2.10. The zero-order valence-electron chi connectivity index (χ0n) is 11.0. The first-order chi connectivity index (χ1) is 9.69. The van der Waals surface area contributed by atoms with Crippen molar-refractivity contribution in [3.63, 3.8) is 0 Å². The third-order valence-corrected chi connectivity index (χ3v) is 2.69. The predicted molar refractivity (Wildman–Crippen MR) is 77.8 cm³/mol. The van der Waals surface area contributed by atoms with Crippen molar-refractivity contribution >= 4 is 17.8 Å². The molecule has 1 N–H and O–H groups in total. The van der Waals surface area contributed by atoms with E-state index in [-0.39, 0.29) is 5.91 Å². The molecular formula is C16H13N3O. The van der Waals surface area contributed by atoms with Crippen molar-refractivity contribution in [3.8, 4) is 6.07 Å². The van der Waals surface area contributed by atoms with Gasteiger partial charge in [-0.15, -0.1) is 0 Å². The van der Waals surface area contributed by atoms with Crippen LogP contribution < -0.4 is 5.32 Å². The Morgan fingerprint density at radius 2 is 2.20 bits per heavy atom. The minimum Gasteiger partial charge on any atom is -0.307 e. The molecule has 1 heterocycles. The summed E-state index contributed by atoms with van der Waals surface area (Å²) in [6.07, 6.45) is 4.71. The number of hydrogen-bond donors (Lipinski definition) is 1. The van der Waals surface area contributed by atoms with E-state index >= 15 is 0 Å². The number of carbonyl (C=O) groups excluding carboxylic acids is 1. The van der Waals surface area contributed by atoms with Gasteiger partial charge in [0.15, 0.2) is 0 Å². The van der Waals surface area contributed by atoms with Gasteiger partial charge in [-0.3, -0.25) is 4.79 Å². The van der Waals surface area contributed by atoms with Crippen molar-refractivity contribution in [2.45, 2.75) is 6.92 Å². The molecular weight excluding hydrogens is 250 g/mol. The van der Waals surface area contributed by atoms with Crippen LogP contribution in [0.4, 0.5) is 5.82 Å². The second-order valence-corrected chi connectivity index (χ2v) is 4.23. The van der Waals surface area contributed by atoms with E-state index in [9.17, 15) is 4.79 Å². The number of hydrogen-bond acceptors (Lipinski definition) is 3. The van der Waals surface area contributed by atoms with Gasteiger partial charge >= 0.3 is 0 Å². The van der Waals surface area contributed by atoms with Crippen LogP contribution in [0.3, 0.4) is 0 Å². The van der Waals surface area contributed by atoms with Crippen LogP contribution in [-0.4, -0.2) is 10.9 Å². The summed E-state index contributed by atoms with van der Waals surface area (Å²) in [7, 11) is 0. The summed E-state index contributed by atoms with van der Waals surface area (Å²) in [5.41, 5.74) is 2.27. The highest BCUT2D eigenvalue weighted by atomic mass is 16.1. The summed E-state index contributed by atoms with van der Waals surface area (Å²) in [6.45, 7) is 1.88. The highest BCUT2D eigenvalue weighted by Gasteiger charge is 2.01. The maximum Gasteiger partial charge on any atom is 0.249 e. The van der Waals surface area contributed by atoms with Crippen molar-refractivity contribution in [1.29, 1.82) is 5.26 Å². The van der Waals surface area contributed by atoms with Gasteiger partial charge in [0.1, 0.15) is 5.82 Å². The van der Waals surface area contributed by atoms with Gasteiger partial charge in [-0.05, 0) is 42.3 Å². The second-order valence-electron chi connectivity index (χ2n) is 4.23. The average molecular weight is 263 g/mol. The van der Waals surface area contributed by atoms with Crippen LogP contribution in [-0.2, 0) is 4.79 Å². The van der Waals surface area contributed by atoms with E-state index in [0.717, 1.165) is 11.1 Å². The summed E-state index contributed by atoms with van der Waals surface area (Å²) in [4.78, 5) is 15.9. The molecule has 4 nitrogen and oxygen atoms in total. The van der Waals surface area contributed by atoms with Gasteiger partial charge in [0.2, 0.25) is 5.91 Å². The van der Waals surface area contributed by atoms with Crippen molar-refractivity contribution in [2.75, 3.05) is 5.32 Å². The Bertz CT molecular complexity index is 699. The van der Waals surface area contributed by atoms with Gasteiger partial charge < -0.3 is 5.32 Å². The summed E-state index contributed by atoms with van der Waals surface area (Å²) >= 11 is 0. The van der Waals surface area contributed by atoms with Gasteiger partial charge in [-0.1, -0.05) is 18.2 Å². The van der Waals surface area contributed by atoms with Crippen molar-refractivity contribution in [3.05, 3.63) is 65.4 Å². The van der Waals surface area contributed by atoms with Gasteiger partial charge in [0.05, 0.1) is 11.6 Å². The lowest BCUT2D eigenvalue weighted by atomic mass is 10.1. The average Bonchev–Trinajstić information content (AvgIpc) is 2.48. The molecule has 0 aliphatic carbocycles. The van der Waals surface area contributed by atoms with E-state index in [4.69, 9.17) is 5.26 Å². The number of benzene rings is 1. The van der Waals surface area contributed by atoms with E-state index in [1.165, 1.54) is 6.08 Å². The summed E-state index contributed by atoms with van der Waals surface area (Å²) in [6, 6.07) is 12.8. The third-order valence-electron chi connectivity index (χ3n) is 2.69. The van der Waals surface area contributed by atoms with Gasteiger partial charge in [0.25, 0.3) is 0 Å². The van der Waals surface area contributed by atoms with E-state index in [0.29, 0.717) is 11.4 Å². The number of carbonyl (C=O) groups is 1. The molecule has 0 aliphatic heterocycles. The van der Waals surface area contributed by atoms with Gasteiger partial charge in [0, 0.05) is 12.3 Å². The fraction of sp³-hybridized carbons (Fsp3) is 0.0625. The largest absolute Gasteiger partial charge is 0.307 e. The first-order valence-corrected chi connectivity index (χ1v) is 6.10. The molecule has 0 radical (unpaired) electrons. The molecule has 0 unspecified atom stereocenters. The van der Waals surface area contributed by atoms with Crippen molar-refractivity contribution < 1.29 is 4.79 Å². The van der Waals surface area contributed by atoms with Gasteiger partial charge in [-0.25, -0.2) is 4.98 Å². The second kappa shape index (κ2) is 6.30. The summed E-state index contributed by atoms with van der Waals surface area (Å²) < 4.78 is 0. The number of nitrogens with zero attached hydrogens (tertiary/aromatic N) is 2. The molecule has 1 aromatic heterocycles. The SMILES string of the molecule is Cc1cccnc1NC(=O)C=Cc1cccc(C#N)c1. The molecule has 4 heteroatoms. The van der Waals surface area contributed by atoms with E-state index in [1.54, 1.807) is 30.5 Å². The smallest absolute Gasteiger partial charge is 0.249 e. The number of aromatic nitrogens is 1. The zero-order valence-corrected chi connectivity index (χ0v) is 11.0. The highest BCUT2D eigenvalue weighted by molar-refractivity contribution is 6.01. The lowest BCUT2D eigenvalue weighted by molar-refractivity contribution is -0.111. The number of nitrogens with one attached hydrogen (secondary N) is 1. The molecule has 0 atom stereocenters. The standard InChI is InChI=1S/C16H13N3O/c1-12-4-3-9-18-16(12)19-15(20)8-7-13-5-2-6-14(10-13)11-17/h2-10H,1H3,(H,18,19,20). The Hall–Kier alpha value is -2.93. The van der Waals surface area contributed by atoms with E-state index < -0.39 is 0 Å². The maximum absolute atomic E-state index is 11.8. The molecule has 1 amide bonds. The van der Waals surface area contributed by atoms with Crippen LogP contribution in [0.1, 0.15) is 16.7 Å². The number of nitriles is 1. The molecule has 0 spiro atoms. The Morgan fingerprint density at radius 3 is 2.95 bits per heavy atom. The summed E-state index contributed by atoms with van der Waals surface area (Å²) in [5.74, 6) is 0.294. The van der Waals surface area contributed by atoms with Crippen molar-refractivity contribution in [1.82, 2.24) is 4.98 Å². The van der Waals surface area contributed by atoms with Crippen LogP contribution in [0.2, 0.25) is 0 Å². The van der Waals surface area contributed by atoms with Crippen LogP contribution in [0.25, 0.3) is 6.08 Å². The maximum atomic E-state index is 11.8. The fourth-order valence-corrected chi connectivity index (χ4v) is 1.66. The quantitative estimate of drug-likeness (QED) is 0.866. The molecule has 0 saturated carbocycles. The minimum absolute atomic E-state index is 0.255. The Balaban J connectivity index is 2.06. The molecule has 0 bridgehead atoms. The van der Waals surface area contributed by atoms with Gasteiger partial charge in [-0.2, -0.15) is 5.26 Å². The first-order valence-electron chi connectivity index (χ1n) is 6.10. The Labute approximate surface area is 117 Å². The molecule has 20 heavy (non-hydrogen) atoms. The zero-order chi connectivity index (χ0) is 14.4. The summed E-state index contributed by atoms with van der Waals surface area (Å²) in [5, 5.41) is 11.5. The Kier molecular flexibility index (Phi) is 4.25. The van der Waals surface area contributed by atoms with Crippen LogP contribution in [0, 0.1) is 18.3 Å². The number of anilines is 1. The molecule has 2 rings (SSSR count). The minimum atomic E-state index is -0.255. The van der Waals surface area contributed by atoms with Crippen LogP contribution in [0.15, 0.2) is 48.7 Å². The predicted octanol–water partition coefficient (Wildman–Crippen LogP) is 2.91. The highest BCUT2D eigenvalue weighted by Crippen LogP contribution is 2.10. The van der Waals surface area contributed by atoms with Crippen LogP contribution >= 0.6 is 0 Å². The number of amides is 1. The molecule has 0 fully saturated rings. The first kappa shape index (κ1) is 13.5. The van der Waals surface area contributed by atoms with E-state index in [1.807, 2.05) is 25.1 Å². The van der Waals surface area contributed by atoms with Crippen LogP contribution in [0.5, 0.6) is 0 Å². The molecule has 2 aromatic rings. The number of rotatable bonds is 3. The molecule has 1 aromatic carbocycles. The Morgan fingerprint density at radius 1 is 1.35 bits per heavy atom. The van der Waals surface area contributed by atoms with E-state index in [2.05, 4.69) is 16.4 Å². The number of pyridine rings is 1. The topological polar surface area (TPSA) is 65.8 Å². The molecule has 0 saturated heterocycles. The third kappa shape index (κ3) is 3.53.